The molecule has 1 amide bonds. The molecule has 7 heteroatoms. The molecule has 2 aliphatic rings. The number of nitrogens with zero attached hydrogens (tertiary/aromatic N) is 2. The highest BCUT2D eigenvalue weighted by molar-refractivity contribution is 5.79. The summed E-state index contributed by atoms with van der Waals surface area (Å²) in [6, 6.07) is 7.40. The number of hydrogen-bond acceptors (Lipinski definition) is 3. The molecule has 2 fully saturated rings. The zero-order valence-electron chi connectivity index (χ0n) is 15.2. The second-order valence-electron chi connectivity index (χ2n) is 7.55. The fourth-order valence-corrected chi connectivity index (χ4v) is 4.19. The zero-order valence-corrected chi connectivity index (χ0v) is 15.2. The summed E-state index contributed by atoms with van der Waals surface area (Å²) in [7, 11) is 0. The van der Waals surface area contributed by atoms with E-state index >= 15 is 0 Å². The van der Waals surface area contributed by atoms with Gasteiger partial charge in [0.25, 0.3) is 0 Å². The normalized spacial score (nSPS) is 23.0. The Balaban J connectivity index is 1.68. The summed E-state index contributed by atoms with van der Waals surface area (Å²) in [5, 5.41) is 12.3. The molecule has 1 aromatic rings. The summed E-state index contributed by atoms with van der Waals surface area (Å²) in [6.45, 7) is 0.883. The summed E-state index contributed by atoms with van der Waals surface area (Å²) in [4.78, 5) is 14.6. The molecule has 1 atom stereocenters. The lowest BCUT2D eigenvalue weighted by atomic mass is 9.94. The monoisotopic (exact) mass is 379 g/mol. The van der Waals surface area contributed by atoms with Gasteiger partial charge in [0.15, 0.2) is 0 Å². The number of likely N-dealkylation sites (tertiary alicyclic amines) is 1. The molecule has 1 aromatic carbocycles. The van der Waals surface area contributed by atoms with Crippen LogP contribution in [0, 0.1) is 11.3 Å². The maximum absolute atomic E-state index is 12.8. The minimum absolute atomic E-state index is 0.0756. The third-order valence-corrected chi connectivity index (χ3v) is 5.63. The molecule has 1 heterocycles. The van der Waals surface area contributed by atoms with Gasteiger partial charge in [-0.3, -0.25) is 9.69 Å². The van der Waals surface area contributed by atoms with Gasteiger partial charge in [0.1, 0.15) is 5.54 Å². The van der Waals surface area contributed by atoms with Gasteiger partial charge in [0.2, 0.25) is 5.91 Å². The number of carbonyl (C=O) groups excluding carboxylic acids is 1. The number of hydrogen-bond donors (Lipinski definition) is 1. The van der Waals surface area contributed by atoms with Crippen LogP contribution < -0.4 is 5.32 Å². The van der Waals surface area contributed by atoms with Gasteiger partial charge in [-0.05, 0) is 62.8 Å². The first-order chi connectivity index (χ1) is 12.8. The van der Waals surface area contributed by atoms with Gasteiger partial charge < -0.3 is 5.32 Å². The highest BCUT2D eigenvalue weighted by Gasteiger charge is 2.36. The lowest BCUT2D eigenvalue weighted by Gasteiger charge is -2.36. The van der Waals surface area contributed by atoms with E-state index in [0.717, 1.165) is 56.3 Å². The molecule has 1 unspecified atom stereocenters. The maximum Gasteiger partial charge on any atom is 0.416 e. The van der Waals surface area contributed by atoms with E-state index < -0.39 is 17.3 Å². The van der Waals surface area contributed by atoms with Crippen molar-refractivity contribution in [2.75, 3.05) is 13.1 Å². The van der Waals surface area contributed by atoms with Crippen LogP contribution in [0.1, 0.15) is 62.1 Å². The van der Waals surface area contributed by atoms with E-state index in [2.05, 4.69) is 11.4 Å². The van der Waals surface area contributed by atoms with Crippen LogP contribution in [0.3, 0.4) is 0 Å². The fourth-order valence-electron chi connectivity index (χ4n) is 4.19. The Morgan fingerprint density at radius 2 is 1.85 bits per heavy atom. The number of nitrogens with one attached hydrogen (secondary N) is 1. The topological polar surface area (TPSA) is 56.1 Å². The van der Waals surface area contributed by atoms with Gasteiger partial charge in [-0.2, -0.15) is 18.4 Å². The highest BCUT2D eigenvalue weighted by Crippen LogP contribution is 2.34. The second-order valence-corrected chi connectivity index (χ2v) is 7.55. The SMILES string of the molecule is N#CC1(NC(=O)CN2CCCCC2c2ccc(C(F)(F)F)cc2)CCCC1. The summed E-state index contributed by atoms with van der Waals surface area (Å²) < 4.78 is 38.4. The Morgan fingerprint density at radius 1 is 1.19 bits per heavy atom. The fraction of sp³-hybridized carbons (Fsp3) is 0.600. The second kappa shape index (κ2) is 7.89. The van der Waals surface area contributed by atoms with Crippen molar-refractivity contribution in [3.05, 3.63) is 35.4 Å². The van der Waals surface area contributed by atoms with Crippen LogP contribution in [0.15, 0.2) is 24.3 Å². The van der Waals surface area contributed by atoms with E-state index in [0.29, 0.717) is 12.8 Å². The molecular formula is C20H24F3N3O. The van der Waals surface area contributed by atoms with Gasteiger partial charge in [-0.1, -0.05) is 18.6 Å². The molecule has 3 rings (SSSR count). The van der Waals surface area contributed by atoms with Crippen LogP contribution in [-0.4, -0.2) is 29.4 Å². The van der Waals surface area contributed by atoms with Crippen molar-refractivity contribution in [1.82, 2.24) is 10.2 Å². The lowest BCUT2D eigenvalue weighted by molar-refractivity contribution is -0.137. The third kappa shape index (κ3) is 4.62. The number of benzene rings is 1. The Hall–Kier alpha value is -2.07. The average Bonchev–Trinajstić information content (AvgIpc) is 3.10. The standard InChI is InChI=1S/C20H24F3N3O/c21-20(22,23)16-8-6-15(7-9-16)17-5-1-4-12-26(17)13-18(27)25-19(14-24)10-2-3-11-19/h6-9,17H,1-5,10-13H2,(H,25,27). The number of halogens is 3. The number of nitriles is 1. The molecule has 1 aliphatic carbocycles. The van der Waals surface area contributed by atoms with E-state index in [4.69, 9.17) is 0 Å². The maximum atomic E-state index is 12.8. The van der Waals surface area contributed by atoms with Crippen LogP contribution in [0.25, 0.3) is 0 Å². The predicted molar refractivity (Wildman–Crippen MR) is 94.6 cm³/mol. The van der Waals surface area contributed by atoms with Crippen LogP contribution >= 0.6 is 0 Å². The first-order valence-corrected chi connectivity index (χ1v) is 9.46. The third-order valence-electron chi connectivity index (χ3n) is 5.63. The van der Waals surface area contributed by atoms with Crippen molar-refractivity contribution in [2.24, 2.45) is 0 Å². The summed E-state index contributed by atoms with van der Waals surface area (Å²) in [5.74, 6) is -0.183. The molecule has 0 bridgehead atoms. The number of carbonyl (C=O) groups is 1. The Bertz CT molecular complexity index is 703. The summed E-state index contributed by atoms with van der Waals surface area (Å²) in [5.41, 5.74) is -0.619. The summed E-state index contributed by atoms with van der Waals surface area (Å²) in [6.07, 6.45) is 1.62. The largest absolute Gasteiger partial charge is 0.416 e. The van der Waals surface area contributed by atoms with Gasteiger partial charge in [0, 0.05) is 6.04 Å². The first kappa shape index (κ1) is 19.7. The van der Waals surface area contributed by atoms with E-state index in [1.165, 1.54) is 12.1 Å². The smallest absolute Gasteiger partial charge is 0.337 e. The molecule has 0 radical (unpaired) electrons. The molecule has 1 saturated carbocycles. The molecule has 146 valence electrons. The lowest BCUT2D eigenvalue weighted by Crippen LogP contribution is -2.50. The molecule has 1 N–H and O–H groups in total. The molecule has 1 aliphatic heterocycles. The first-order valence-electron chi connectivity index (χ1n) is 9.46. The van der Waals surface area contributed by atoms with Crippen LogP contribution in [0.5, 0.6) is 0 Å². The molecule has 0 spiro atoms. The number of amides is 1. The molecule has 0 aromatic heterocycles. The van der Waals surface area contributed by atoms with E-state index in [1.54, 1.807) is 0 Å². The number of alkyl halides is 3. The molecule has 4 nitrogen and oxygen atoms in total. The van der Waals surface area contributed by atoms with E-state index in [-0.39, 0.29) is 18.5 Å². The molecule has 1 saturated heterocycles. The van der Waals surface area contributed by atoms with Crippen LogP contribution in [0.2, 0.25) is 0 Å². The van der Waals surface area contributed by atoms with Crippen LogP contribution in [-0.2, 0) is 11.0 Å². The van der Waals surface area contributed by atoms with Gasteiger partial charge in [0.05, 0.1) is 18.2 Å². The minimum Gasteiger partial charge on any atom is -0.337 e. The molecule has 27 heavy (non-hydrogen) atoms. The van der Waals surface area contributed by atoms with Crippen molar-refractivity contribution in [2.45, 2.75) is 62.7 Å². The number of piperidine rings is 1. The Morgan fingerprint density at radius 3 is 2.44 bits per heavy atom. The van der Waals surface area contributed by atoms with Crippen LogP contribution in [0.4, 0.5) is 13.2 Å². The minimum atomic E-state index is -4.35. The quantitative estimate of drug-likeness (QED) is 0.854. The van der Waals surface area contributed by atoms with Gasteiger partial charge >= 0.3 is 6.18 Å². The van der Waals surface area contributed by atoms with E-state index in [1.807, 2.05) is 4.90 Å². The zero-order chi connectivity index (χ0) is 19.5. The van der Waals surface area contributed by atoms with Gasteiger partial charge in [-0.15, -0.1) is 0 Å². The Kier molecular flexibility index (Phi) is 5.75. The predicted octanol–water partition coefficient (Wildman–Crippen LogP) is 4.18. The average molecular weight is 379 g/mol. The van der Waals surface area contributed by atoms with Gasteiger partial charge in [-0.25, -0.2) is 0 Å². The van der Waals surface area contributed by atoms with E-state index in [9.17, 15) is 23.2 Å². The van der Waals surface area contributed by atoms with Crippen molar-refractivity contribution in [3.8, 4) is 6.07 Å². The summed E-state index contributed by atoms with van der Waals surface area (Å²) >= 11 is 0. The van der Waals surface area contributed by atoms with Crippen molar-refractivity contribution in [1.29, 1.82) is 5.26 Å². The highest BCUT2D eigenvalue weighted by atomic mass is 19.4. The molecular weight excluding hydrogens is 355 g/mol. The Labute approximate surface area is 157 Å². The van der Waals surface area contributed by atoms with Crippen molar-refractivity contribution in [3.63, 3.8) is 0 Å². The van der Waals surface area contributed by atoms with Crippen molar-refractivity contribution >= 4 is 5.91 Å². The van der Waals surface area contributed by atoms with Crippen molar-refractivity contribution < 1.29 is 18.0 Å². The number of rotatable bonds is 4.